The van der Waals surface area contributed by atoms with Gasteiger partial charge in [-0.2, -0.15) is 0 Å². The molecule has 1 aromatic carbocycles. The molecule has 1 unspecified atom stereocenters. The Hall–Kier alpha value is -1.86. The average Bonchev–Trinajstić information content (AvgIpc) is 2.54. The van der Waals surface area contributed by atoms with Gasteiger partial charge in [-0.1, -0.05) is 18.5 Å². The van der Waals surface area contributed by atoms with Crippen LogP contribution in [-0.2, 0) is 11.3 Å². The van der Waals surface area contributed by atoms with Crippen LogP contribution in [-0.4, -0.2) is 41.6 Å². The lowest BCUT2D eigenvalue weighted by Crippen LogP contribution is -2.53. The van der Waals surface area contributed by atoms with Crippen LogP contribution in [0.3, 0.4) is 0 Å². The van der Waals surface area contributed by atoms with Gasteiger partial charge in [0.05, 0.1) is 4.92 Å². The van der Waals surface area contributed by atoms with Gasteiger partial charge in [0.15, 0.2) is 0 Å². The molecule has 1 aliphatic rings. The van der Waals surface area contributed by atoms with E-state index >= 15 is 0 Å². The van der Waals surface area contributed by atoms with E-state index in [2.05, 4.69) is 5.32 Å². The first kappa shape index (κ1) is 17.5. The van der Waals surface area contributed by atoms with E-state index in [0.717, 1.165) is 19.5 Å². The first-order chi connectivity index (χ1) is 10.9. The molecule has 1 N–H and O–H groups in total. The molecule has 0 saturated carbocycles. The Balaban J connectivity index is 2.08. The lowest BCUT2D eigenvalue weighted by Gasteiger charge is -2.34. The minimum Gasteiger partial charge on any atom is -0.445 e. The van der Waals surface area contributed by atoms with Gasteiger partial charge in [0.1, 0.15) is 6.61 Å². The lowest BCUT2D eigenvalue weighted by molar-refractivity contribution is -0.385. The summed E-state index contributed by atoms with van der Waals surface area (Å²) in [6.07, 6.45) is 0.435. The molecule has 0 radical (unpaired) electrons. The van der Waals surface area contributed by atoms with Crippen LogP contribution in [0.4, 0.5) is 10.5 Å². The number of amides is 1. The predicted molar refractivity (Wildman–Crippen MR) is 86.7 cm³/mol. The maximum Gasteiger partial charge on any atom is 0.410 e. The van der Waals surface area contributed by atoms with Crippen molar-refractivity contribution in [3.8, 4) is 0 Å². The number of benzene rings is 1. The summed E-state index contributed by atoms with van der Waals surface area (Å²) in [7, 11) is 0. The number of halogens is 1. The number of nitrogens with zero attached hydrogens (tertiary/aromatic N) is 2. The molecule has 0 bridgehead atoms. The van der Waals surface area contributed by atoms with Crippen molar-refractivity contribution < 1.29 is 14.5 Å². The number of hydrogen-bond acceptors (Lipinski definition) is 5. The number of ether oxygens (including phenoxy) is 1. The van der Waals surface area contributed by atoms with Gasteiger partial charge in [-0.25, -0.2) is 4.79 Å². The van der Waals surface area contributed by atoms with Crippen LogP contribution < -0.4 is 5.32 Å². The molecule has 1 atom stereocenters. The third kappa shape index (κ3) is 4.11. The highest BCUT2D eigenvalue weighted by Gasteiger charge is 2.26. The Morgan fingerprint density at radius 1 is 1.57 bits per heavy atom. The third-order valence-corrected chi connectivity index (χ3v) is 4.27. The Morgan fingerprint density at radius 2 is 2.30 bits per heavy atom. The SMILES string of the molecule is CCC1CNCCN1C(=O)OCc1cc(Cl)cc([N+](=O)[O-])c1C. The van der Waals surface area contributed by atoms with Gasteiger partial charge in [0.2, 0.25) is 0 Å². The van der Waals surface area contributed by atoms with Crippen molar-refractivity contribution >= 4 is 23.4 Å². The lowest BCUT2D eigenvalue weighted by atomic mass is 10.1. The van der Waals surface area contributed by atoms with Crippen LogP contribution in [0.15, 0.2) is 12.1 Å². The Labute approximate surface area is 139 Å². The van der Waals surface area contributed by atoms with E-state index in [9.17, 15) is 14.9 Å². The number of hydrogen-bond donors (Lipinski definition) is 1. The molecule has 0 spiro atoms. The maximum atomic E-state index is 12.3. The Kier molecular flexibility index (Phi) is 5.79. The summed E-state index contributed by atoms with van der Waals surface area (Å²) in [6.45, 7) is 5.67. The van der Waals surface area contributed by atoms with E-state index in [4.69, 9.17) is 16.3 Å². The summed E-state index contributed by atoms with van der Waals surface area (Å²) in [5, 5.41) is 14.5. The monoisotopic (exact) mass is 341 g/mol. The standard InChI is InChI=1S/C15H20ClN3O4/c1-3-13-8-17-4-5-18(13)15(20)23-9-11-6-12(16)7-14(10(11)2)19(21)22/h6-7,13,17H,3-5,8-9H2,1-2H3. The zero-order valence-electron chi connectivity index (χ0n) is 13.2. The molecule has 126 valence electrons. The first-order valence-corrected chi connectivity index (χ1v) is 7.89. The maximum absolute atomic E-state index is 12.3. The number of nitro benzene ring substituents is 1. The molecule has 1 amide bonds. The van der Waals surface area contributed by atoms with Crippen molar-refractivity contribution in [2.24, 2.45) is 0 Å². The summed E-state index contributed by atoms with van der Waals surface area (Å²) >= 11 is 5.91. The smallest absolute Gasteiger partial charge is 0.410 e. The van der Waals surface area contributed by atoms with Gasteiger partial charge in [0, 0.05) is 47.9 Å². The molecule has 1 fully saturated rings. The van der Waals surface area contributed by atoms with E-state index in [1.54, 1.807) is 17.9 Å². The summed E-state index contributed by atoms with van der Waals surface area (Å²) < 4.78 is 5.35. The molecule has 0 aliphatic carbocycles. The fraction of sp³-hybridized carbons (Fsp3) is 0.533. The van der Waals surface area contributed by atoms with E-state index < -0.39 is 11.0 Å². The molecule has 1 saturated heterocycles. The first-order valence-electron chi connectivity index (χ1n) is 7.51. The van der Waals surface area contributed by atoms with Gasteiger partial charge in [0.25, 0.3) is 5.69 Å². The molecule has 23 heavy (non-hydrogen) atoms. The fourth-order valence-electron chi connectivity index (χ4n) is 2.65. The minimum absolute atomic E-state index is 0.0353. The molecule has 8 heteroatoms. The molecule has 1 heterocycles. The van der Waals surface area contributed by atoms with E-state index in [-0.39, 0.29) is 23.4 Å². The number of piperazine rings is 1. The number of rotatable bonds is 4. The van der Waals surface area contributed by atoms with E-state index in [1.807, 2.05) is 6.92 Å². The zero-order valence-corrected chi connectivity index (χ0v) is 13.9. The summed E-state index contributed by atoms with van der Waals surface area (Å²) in [6, 6.07) is 2.99. The molecule has 7 nitrogen and oxygen atoms in total. The number of nitro groups is 1. The second-order valence-electron chi connectivity index (χ2n) is 5.48. The predicted octanol–water partition coefficient (Wildman–Crippen LogP) is 2.88. The molecular weight excluding hydrogens is 322 g/mol. The van der Waals surface area contributed by atoms with Gasteiger partial charge in [-0.3, -0.25) is 10.1 Å². The normalized spacial score (nSPS) is 17.9. The van der Waals surface area contributed by atoms with Crippen molar-refractivity contribution in [1.29, 1.82) is 0 Å². The third-order valence-electron chi connectivity index (χ3n) is 4.06. The number of nitrogens with one attached hydrogen (secondary N) is 1. The van der Waals surface area contributed by atoms with Gasteiger partial charge >= 0.3 is 6.09 Å². The second-order valence-corrected chi connectivity index (χ2v) is 5.92. The second kappa shape index (κ2) is 7.61. The van der Waals surface area contributed by atoms with Crippen molar-refractivity contribution in [1.82, 2.24) is 10.2 Å². The average molecular weight is 342 g/mol. The van der Waals surface area contributed by atoms with Gasteiger partial charge < -0.3 is 15.0 Å². The van der Waals surface area contributed by atoms with Crippen molar-refractivity contribution in [3.63, 3.8) is 0 Å². The van der Waals surface area contributed by atoms with E-state index in [0.29, 0.717) is 17.7 Å². The van der Waals surface area contributed by atoms with Gasteiger partial charge in [-0.05, 0) is 19.4 Å². The number of carbonyl (C=O) groups excluding carboxylic acids is 1. The van der Waals surface area contributed by atoms with Crippen LogP contribution in [0.25, 0.3) is 0 Å². The van der Waals surface area contributed by atoms with Crippen molar-refractivity contribution in [2.45, 2.75) is 32.9 Å². The van der Waals surface area contributed by atoms with Crippen LogP contribution >= 0.6 is 11.6 Å². The molecule has 2 rings (SSSR count). The van der Waals surface area contributed by atoms with Crippen LogP contribution in [0.1, 0.15) is 24.5 Å². The molecular formula is C15H20ClN3O4. The highest BCUT2D eigenvalue weighted by Crippen LogP contribution is 2.27. The topological polar surface area (TPSA) is 84.7 Å². The number of carbonyl (C=O) groups is 1. The largest absolute Gasteiger partial charge is 0.445 e. The fourth-order valence-corrected chi connectivity index (χ4v) is 2.88. The summed E-state index contributed by atoms with van der Waals surface area (Å²) in [5.41, 5.74) is 0.928. The highest BCUT2D eigenvalue weighted by atomic mass is 35.5. The molecule has 1 aromatic rings. The van der Waals surface area contributed by atoms with Crippen molar-refractivity contribution in [2.75, 3.05) is 19.6 Å². The van der Waals surface area contributed by atoms with Gasteiger partial charge in [-0.15, -0.1) is 0 Å². The zero-order chi connectivity index (χ0) is 17.0. The van der Waals surface area contributed by atoms with Crippen LogP contribution in [0.2, 0.25) is 5.02 Å². The van der Waals surface area contributed by atoms with Crippen LogP contribution in [0.5, 0.6) is 0 Å². The molecule has 0 aromatic heterocycles. The summed E-state index contributed by atoms with van der Waals surface area (Å²) in [4.78, 5) is 24.5. The summed E-state index contributed by atoms with van der Waals surface area (Å²) in [5.74, 6) is 0. The Morgan fingerprint density at radius 3 is 2.96 bits per heavy atom. The Bertz CT molecular complexity index is 609. The molecule has 1 aliphatic heterocycles. The van der Waals surface area contributed by atoms with Crippen LogP contribution in [0, 0.1) is 17.0 Å². The quantitative estimate of drug-likeness (QED) is 0.672. The van der Waals surface area contributed by atoms with Crippen molar-refractivity contribution in [3.05, 3.63) is 38.4 Å². The highest BCUT2D eigenvalue weighted by molar-refractivity contribution is 6.30. The minimum atomic E-state index is -0.490. The van der Waals surface area contributed by atoms with E-state index in [1.165, 1.54) is 6.07 Å².